The van der Waals surface area contributed by atoms with Crippen LogP contribution < -0.4 is 10.2 Å². The molecule has 1 aliphatic heterocycles. The number of anilines is 1. The van der Waals surface area contributed by atoms with Crippen LogP contribution in [0, 0.1) is 5.92 Å². The molecule has 23 heavy (non-hydrogen) atoms. The summed E-state index contributed by atoms with van der Waals surface area (Å²) in [5.74, 6) is -0.344. The summed E-state index contributed by atoms with van der Waals surface area (Å²) in [6.07, 6.45) is 4.18. The topological polar surface area (TPSA) is 80.1 Å². The number of rotatable bonds is 6. The molecule has 0 aliphatic carbocycles. The Labute approximate surface area is 134 Å². The fourth-order valence-corrected chi connectivity index (χ4v) is 2.69. The van der Waals surface area contributed by atoms with E-state index in [1.54, 1.807) is 15.9 Å². The van der Waals surface area contributed by atoms with Crippen LogP contribution in [0.3, 0.4) is 0 Å². The SMILES string of the molecule is O=C(NCCCn1cncn1)[C@@H]1CC(=O)N(c2ccccc2)C1. The summed E-state index contributed by atoms with van der Waals surface area (Å²) in [5.41, 5.74) is 0.846. The molecule has 2 aromatic rings. The third-order valence-corrected chi connectivity index (χ3v) is 3.89. The van der Waals surface area contributed by atoms with Gasteiger partial charge in [0.15, 0.2) is 0 Å². The maximum atomic E-state index is 12.2. The van der Waals surface area contributed by atoms with Gasteiger partial charge >= 0.3 is 0 Å². The van der Waals surface area contributed by atoms with Crippen molar-refractivity contribution in [2.75, 3.05) is 18.0 Å². The number of hydrogen-bond acceptors (Lipinski definition) is 4. The van der Waals surface area contributed by atoms with Crippen LogP contribution in [0.4, 0.5) is 5.69 Å². The third-order valence-electron chi connectivity index (χ3n) is 3.89. The molecule has 120 valence electrons. The van der Waals surface area contributed by atoms with Crippen molar-refractivity contribution in [1.82, 2.24) is 20.1 Å². The van der Waals surface area contributed by atoms with Crippen molar-refractivity contribution in [3.8, 4) is 0 Å². The number of aryl methyl sites for hydroxylation is 1. The second-order valence-corrected chi connectivity index (χ2v) is 5.54. The number of nitrogens with one attached hydrogen (secondary N) is 1. The molecule has 1 fully saturated rings. The van der Waals surface area contributed by atoms with E-state index in [-0.39, 0.29) is 24.2 Å². The number of hydrogen-bond donors (Lipinski definition) is 1. The average molecular weight is 313 g/mol. The fraction of sp³-hybridized carbons (Fsp3) is 0.375. The van der Waals surface area contributed by atoms with Crippen LogP contribution in [-0.2, 0) is 16.1 Å². The Morgan fingerprint density at radius 1 is 1.30 bits per heavy atom. The molecule has 1 saturated heterocycles. The molecule has 7 heteroatoms. The number of amides is 2. The molecule has 0 saturated carbocycles. The zero-order chi connectivity index (χ0) is 16.1. The van der Waals surface area contributed by atoms with Crippen molar-refractivity contribution in [1.29, 1.82) is 0 Å². The highest BCUT2D eigenvalue weighted by Crippen LogP contribution is 2.24. The van der Waals surface area contributed by atoms with Gasteiger partial charge in [-0.3, -0.25) is 14.3 Å². The predicted octanol–water partition coefficient (Wildman–Crippen LogP) is 0.837. The molecule has 0 unspecified atom stereocenters. The molecule has 7 nitrogen and oxygen atoms in total. The van der Waals surface area contributed by atoms with Crippen molar-refractivity contribution < 1.29 is 9.59 Å². The van der Waals surface area contributed by atoms with Gasteiger partial charge in [0.05, 0.1) is 5.92 Å². The maximum absolute atomic E-state index is 12.2. The van der Waals surface area contributed by atoms with Gasteiger partial charge in [-0.25, -0.2) is 4.98 Å². The molecule has 1 atom stereocenters. The van der Waals surface area contributed by atoms with E-state index in [0.29, 0.717) is 19.6 Å². The lowest BCUT2D eigenvalue weighted by Gasteiger charge is -2.16. The van der Waals surface area contributed by atoms with E-state index < -0.39 is 0 Å². The van der Waals surface area contributed by atoms with Gasteiger partial charge in [0.2, 0.25) is 11.8 Å². The minimum absolute atomic E-state index is 0.000958. The fourth-order valence-electron chi connectivity index (χ4n) is 2.69. The molecule has 0 radical (unpaired) electrons. The summed E-state index contributed by atoms with van der Waals surface area (Å²) in [6, 6.07) is 9.45. The van der Waals surface area contributed by atoms with Gasteiger partial charge in [-0.2, -0.15) is 5.10 Å². The largest absolute Gasteiger partial charge is 0.356 e. The molecule has 1 aromatic carbocycles. The first kappa shape index (κ1) is 15.2. The number of benzene rings is 1. The summed E-state index contributed by atoms with van der Waals surface area (Å²) in [4.78, 5) is 29.9. The standard InChI is InChI=1S/C16H19N5O2/c22-15-9-13(10-21(15)14-5-2-1-3-6-14)16(23)18-7-4-8-20-12-17-11-19-20/h1-3,5-6,11-13H,4,7-10H2,(H,18,23)/t13-/m1/s1. The van der Waals surface area contributed by atoms with Gasteiger partial charge in [0, 0.05) is 31.7 Å². The van der Waals surface area contributed by atoms with Crippen molar-refractivity contribution >= 4 is 17.5 Å². The molecule has 1 aliphatic rings. The van der Waals surface area contributed by atoms with Crippen LogP contribution in [0.25, 0.3) is 0 Å². The zero-order valence-electron chi connectivity index (χ0n) is 12.8. The lowest BCUT2D eigenvalue weighted by molar-refractivity contribution is -0.126. The van der Waals surface area contributed by atoms with E-state index in [4.69, 9.17) is 0 Å². The van der Waals surface area contributed by atoms with E-state index in [1.165, 1.54) is 6.33 Å². The van der Waals surface area contributed by atoms with Crippen LogP contribution in [-0.4, -0.2) is 39.7 Å². The van der Waals surface area contributed by atoms with Crippen molar-refractivity contribution in [3.63, 3.8) is 0 Å². The molecule has 1 aromatic heterocycles. The van der Waals surface area contributed by atoms with Gasteiger partial charge in [0.25, 0.3) is 0 Å². The van der Waals surface area contributed by atoms with Crippen molar-refractivity contribution in [3.05, 3.63) is 43.0 Å². The summed E-state index contributed by atoms with van der Waals surface area (Å²) >= 11 is 0. The number of para-hydroxylation sites is 1. The monoisotopic (exact) mass is 313 g/mol. The first-order chi connectivity index (χ1) is 11.2. The number of nitrogens with zero attached hydrogens (tertiary/aromatic N) is 4. The predicted molar refractivity (Wildman–Crippen MR) is 84.6 cm³/mol. The average Bonchev–Trinajstić information content (AvgIpc) is 3.22. The molecule has 3 rings (SSSR count). The van der Waals surface area contributed by atoms with Crippen molar-refractivity contribution in [2.45, 2.75) is 19.4 Å². The highest BCUT2D eigenvalue weighted by Gasteiger charge is 2.34. The molecule has 1 N–H and O–H groups in total. The molecule has 0 spiro atoms. The van der Waals surface area contributed by atoms with E-state index in [1.807, 2.05) is 30.3 Å². The summed E-state index contributed by atoms with van der Waals surface area (Å²) in [5, 5.41) is 6.91. The minimum Gasteiger partial charge on any atom is -0.356 e. The van der Waals surface area contributed by atoms with E-state index >= 15 is 0 Å². The number of carbonyl (C=O) groups excluding carboxylic acids is 2. The molecular weight excluding hydrogens is 294 g/mol. The lowest BCUT2D eigenvalue weighted by atomic mass is 10.1. The summed E-state index contributed by atoms with van der Waals surface area (Å²) in [7, 11) is 0. The molecule has 2 amide bonds. The van der Waals surface area contributed by atoms with Crippen LogP contribution in [0.2, 0.25) is 0 Å². The van der Waals surface area contributed by atoms with Gasteiger partial charge < -0.3 is 10.2 Å². The Hall–Kier alpha value is -2.70. The zero-order valence-corrected chi connectivity index (χ0v) is 12.8. The highest BCUT2D eigenvalue weighted by molar-refractivity contribution is 6.00. The Balaban J connectivity index is 1.46. The number of carbonyl (C=O) groups is 2. The highest BCUT2D eigenvalue weighted by atomic mass is 16.2. The van der Waals surface area contributed by atoms with Gasteiger partial charge in [-0.05, 0) is 18.6 Å². The normalized spacial score (nSPS) is 17.5. The first-order valence-corrected chi connectivity index (χ1v) is 7.69. The van der Waals surface area contributed by atoms with E-state index in [9.17, 15) is 9.59 Å². The van der Waals surface area contributed by atoms with Gasteiger partial charge in [-0.1, -0.05) is 18.2 Å². The number of aromatic nitrogens is 3. The summed E-state index contributed by atoms with van der Waals surface area (Å²) < 4.78 is 1.72. The Kier molecular flexibility index (Phi) is 4.65. The Bertz CT molecular complexity index is 656. The lowest BCUT2D eigenvalue weighted by Crippen LogP contribution is -2.33. The van der Waals surface area contributed by atoms with E-state index in [2.05, 4.69) is 15.4 Å². The van der Waals surface area contributed by atoms with Crippen LogP contribution in [0.5, 0.6) is 0 Å². The van der Waals surface area contributed by atoms with Gasteiger partial charge in [-0.15, -0.1) is 0 Å². The minimum atomic E-state index is -0.283. The molecule has 0 bridgehead atoms. The quantitative estimate of drug-likeness (QED) is 0.801. The second-order valence-electron chi connectivity index (χ2n) is 5.54. The molecule has 2 heterocycles. The Morgan fingerprint density at radius 3 is 2.87 bits per heavy atom. The summed E-state index contributed by atoms with van der Waals surface area (Å²) in [6.45, 7) is 1.71. The third kappa shape index (κ3) is 3.74. The van der Waals surface area contributed by atoms with Crippen molar-refractivity contribution in [2.24, 2.45) is 5.92 Å². The smallest absolute Gasteiger partial charge is 0.227 e. The molecular formula is C16H19N5O2. The Morgan fingerprint density at radius 2 is 2.13 bits per heavy atom. The van der Waals surface area contributed by atoms with Crippen LogP contribution in [0.15, 0.2) is 43.0 Å². The first-order valence-electron chi connectivity index (χ1n) is 7.69. The second kappa shape index (κ2) is 7.04. The maximum Gasteiger partial charge on any atom is 0.227 e. The van der Waals surface area contributed by atoms with E-state index in [0.717, 1.165) is 12.1 Å². The van der Waals surface area contributed by atoms with Crippen LogP contribution in [0.1, 0.15) is 12.8 Å². The van der Waals surface area contributed by atoms with Gasteiger partial charge in [0.1, 0.15) is 12.7 Å². The van der Waals surface area contributed by atoms with Crippen LogP contribution >= 0.6 is 0 Å².